The summed E-state index contributed by atoms with van der Waals surface area (Å²) in [6.07, 6.45) is 5.80. The summed E-state index contributed by atoms with van der Waals surface area (Å²) < 4.78 is 0. The van der Waals surface area contributed by atoms with Crippen LogP contribution in [0.25, 0.3) is 0 Å². The van der Waals surface area contributed by atoms with Crippen molar-refractivity contribution in [2.75, 3.05) is 6.54 Å². The second kappa shape index (κ2) is 2.78. The molecule has 2 heterocycles. The first-order valence-electron chi connectivity index (χ1n) is 5.03. The molecule has 0 N–H and O–H groups in total. The van der Waals surface area contributed by atoms with Crippen molar-refractivity contribution in [3.63, 3.8) is 0 Å². The molecule has 2 fully saturated rings. The molecule has 0 spiro atoms. The van der Waals surface area contributed by atoms with Crippen LogP contribution < -0.4 is 0 Å². The molecule has 0 bridgehead atoms. The highest BCUT2D eigenvalue weighted by atomic mass is 15.2. The molecule has 0 aromatic carbocycles. The lowest BCUT2D eigenvalue weighted by Crippen LogP contribution is -2.43. The minimum absolute atomic E-state index is 0.867. The third-order valence-corrected chi connectivity index (χ3v) is 3.41. The van der Waals surface area contributed by atoms with Gasteiger partial charge < -0.3 is 0 Å². The number of hydrogen-bond acceptors (Lipinski definition) is 1. The van der Waals surface area contributed by atoms with Gasteiger partial charge in [0.1, 0.15) is 0 Å². The molecule has 0 aromatic rings. The molecule has 64 valence electrons. The van der Waals surface area contributed by atoms with E-state index in [9.17, 15) is 0 Å². The molecule has 0 saturated carbocycles. The van der Waals surface area contributed by atoms with E-state index in [1.54, 1.807) is 0 Å². The van der Waals surface area contributed by atoms with Gasteiger partial charge in [-0.1, -0.05) is 6.92 Å². The van der Waals surface area contributed by atoms with Crippen molar-refractivity contribution in [2.24, 2.45) is 5.92 Å². The average Bonchev–Trinajstić information content (AvgIpc) is 2.34. The molecule has 11 heavy (non-hydrogen) atoms. The van der Waals surface area contributed by atoms with E-state index in [1.807, 2.05) is 0 Å². The number of nitrogens with zero attached hydrogens (tertiary/aromatic N) is 1. The highest BCUT2D eigenvalue weighted by molar-refractivity contribution is 4.89. The van der Waals surface area contributed by atoms with E-state index in [1.165, 1.54) is 32.2 Å². The van der Waals surface area contributed by atoms with Crippen LogP contribution in [0.5, 0.6) is 0 Å². The molecular formula is C10H19N. The Bertz CT molecular complexity index is 144. The molecule has 2 aliphatic heterocycles. The molecule has 0 radical (unpaired) electrons. The van der Waals surface area contributed by atoms with Crippen LogP contribution in [0.3, 0.4) is 0 Å². The Kier molecular flexibility index (Phi) is 1.92. The lowest BCUT2D eigenvalue weighted by atomic mass is 9.89. The summed E-state index contributed by atoms with van der Waals surface area (Å²) >= 11 is 0. The first kappa shape index (κ1) is 7.60. The fourth-order valence-electron chi connectivity index (χ4n) is 2.97. The molecule has 0 aromatic heterocycles. The van der Waals surface area contributed by atoms with Crippen molar-refractivity contribution < 1.29 is 0 Å². The fraction of sp³-hybridized carbons (Fsp3) is 1.00. The molecule has 0 unspecified atom stereocenters. The van der Waals surface area contributed by atoms with Crippen LogP contribution in [-0.2, 0) is 0 Å². The molecule has 1 nitrogen and oxygen atoms in total. The summed E-state index contributed by atoms with van der Waals surface area (Å²) in [6, 6.07) is 1.82. The SMILES string of the molecule is C[C@H]1C[C@@H]2CCCN2[C@H](C)C1. The molecule has 3 atom stereocenters. The number of fused-ring (bicyclic) bond motifs is 1. The normalized spacial score (nSPS) is 45.8. The Morgan fingerprint density at radius 1 is 1.18 bits per heavy atom. The van der Waals surface area contributed by atoms with Crippen molar-refractivity contribution in [3.05, 3.63) is 0 Å². The van der Waals surface area contributed by atoms with Gasteiger partial charge in [0.15, 0.2) is 0 Å². The molecule has 0 amide bonds. The standard InChI is InChI=1S/C10H19N/c1-8-6-9(2)11-5-3-4-10(11)7-8/h8-10H,3-7H2,1-2H3/t8-,9-,10+/m1/s1. The predicted octanol–water partition coefficient (Wildman–Crippen LogP) is 2.27. The highest BCUT2D eigenvalue weighted by Crippen LogP contribution is 2.33. The summed E-state index contributed by atoms with van der Waals surface area (Å²) in [6.45, 7) is 6.18. The Hall–Kier alpha value is -0.0400. The smallest absolute Gasteiger partial charge is 0.0101 e. The van der Waals surface area contributed by atoms with Crippen LogP contribution in [0.1, 0.15) is 39.5 Å². The topological polar surface area (TPSA) is 3.24 Å². The largest absolute Gasteiger partial charge is 0.298 e. The Balaban J connectivity index is 2.04. The molecule has 2 saturated heterocycles. The summed E-state index contributed by atoms with van der Waals surface area (Å²) in [5, 5.41) is 0. The molecule has 2 rings (SSSR count). The van der Waals surface area contributed by atoms with Crippen LogP contribution in [-0.4, -0.2) is 23.5 Å². The zero-order chi connectivity index (χ0) is 7.84. The Labute approximate surface area is 69.8 Å². The third kappa shape index (κ3) is 1.31. The van der Waals surface area contributed by atoms with Gasteiger partial charge in [0, 0.05) is 12.1 Å². The molecule has 1 heteroatoms. The van der Waals surface area contributed by atoms with E-state index in [0.29, 0.717) is 0 Å². The lowest BCUT2D eigenvalue weighted by molar-refractivity contribution is 0.103. The van der Waals surface area contributed by atoms with E-state index in [-0.39, 0.29) is 0 Å². The number of piperidine rings is 1. The number of hydrogen-bond donors (Lipinski definition) is 0. The fourth-order valence-corrected chi connectivity index (χ4v) is 2.97. The Morgan fingerprint density at radius 3 is 2.82 bits per heavy atom. The van der Waals surface area contributed by atoms with Crippen LogP contribution >= 0.6 is 0 Å². The van der Waals surface area contributed by atoms with Gasteiger partial charge in [-0.15, -0.1) is 0 Å². The zero-order valence-corrected chi connectivity index (χ0v) is 7.71. The van der Waals surface area contributed by atoms with Crippen LogP contribution in [0.15, 0.2) is 0 Å². The predicted molar refractivity (Wildman–Crippen MR) is 47.6 cm³/mol. The first-order chi connectivity index (χ1) is 5.27. The lowest BCUT2D eigenvalue weighted by Gasteiger charge is -2.38. The Morgan fingerprint density at radius 2 is 2.00 bits per heavy atom. The van der Waals surface area contributed by atoms with E-state index in [0.717, 1.165) is 18.0 Å². The van der Waals surface area contributed by atoms with Gasteiger partial charge in [-0.3, -0.25) is 4.90 Å². The zero-order valence-electron chi connectivity index (χ0n) is 7.71. The average molecular weight is 153 g/mol. The van der Waals surface area contributed by atoms with E-state index < -0.39 is 0 Å². The molecule has 2 aliphatic rings. The van der Waals surface area contributed by atoms with Crippen LogP contribution in [0.4, 0.5) is 0 Å². The maximum Gasteiger partial charge on any atom is 0.0101 e. The first-order valence-corrected chi connectivity index (χ1v) is 5.03. The van der Waals surface area contributed by atoms with Crippen LogP contribution in [0, 0.1) is 5.92 Å². The van der Waals surface area contributed by atoms with Gasteiger partial charge in [-0.25, -0.2) is 0 Å². The summed E-state index contributed by atoms with van der Waals surface area (Å²) in [7, 11) is 0. The van der Waals surface area contributed by atoms with Gasteiger partial charge >= 0.3 is 0 Å². The minimum Gasteiger partial charge on any atom is -0.298 e. The van der Waals surface area contributed by atoms with Crippen molar-refractivity contribution >= 4 is 0 Å². The number of rotatable bonds is 0. The van der Waals surface area contributed by atoms with Gasteiger partial charge in [-0.05, 0) is 45.1 Å². The van der Waals surface area contributed by atoms with Gasteiger partial charge in [0.2, 0.25) is 0 Å². The monoisotopic (exact) mass is 153 g/mol. The highest BCUT2D eigenvalue weighted by Gasteiger charge is 2.34. The van der Waals surface area contributed by atoms with Crippen molar-refractivity contribution in [3.8, 4) is 0 Å². The maximum atomic E-state index is 2.72. The van der Waals surface area contributed by atoms with E-state index in [2.05, 4.69) is 18.7 Å². The third-order valence-electron chi connectivity index (χ3n) is 3.41. The summed E-state index contributed by atoms with van der Waals surface area (Å²) in [5.41, 5.74) is 0. The second-order valence-corrected chi connectivity index (χ2v) is 4.46. The minimum atomic E-state index is 0.867. The van der Waals surface area contributed by atoms with Crippen molar-refractivity contribution in [1.29, 1.82) is 0 Å². The van der Waals surface area contributed by atoms with Gasteiger partial charge in [0.25, 0.3) is 0 Å². The van der Waals surface area contributed by atoms with E-state index >= 15 is 0 Å². The summed E-state index contributed by atoms with van der Waals surface area (Å²) in [5.74, 6) is 0.976. The maximum absolute atomic E-state index is 2.72. The second-order valence-electron chi connectivity index (χ2n) is 4.46. The van der Waals surface area contributed by atoms with Crippen molar-refractivity contribution in [2.45, 2.75) is 51.6 Å². The van der Waals surface area contributed by atoms with Crippen molar-refractivity contribution in [1.82, 2.24) is 4.90 Å². The molecule has 0 aliphatic carbocycles. The quantitative estimate of drug-likeness (QED) is 0.516. The summed E-state index contributed by atoms with van der Waals surface area (Å²) in [4.78, 5) is 2.72. The van der Waals surface area contributed by atoms with E-state index in [4.69, 9.17) is 0 Å². The molecular weight excluding hydrogens is 134 g/mol. The van der Waals surface area contributed by atoms with Gasteiger partial charge in [-0.2, -0.15) is 0 Å². The van der Waals surface area contributed by atoms with Gasteiger partial charge in [0.05, 0.1) is 0 Å². The van der Waals surface area contributed by atoms with Crippen LogP contribution in [0.2, 0.25) is 0 Å².